The molecule has 4 nitrogen and oxygen atoms in total. The average molecular weight is 146 g/mol. The molecular weight excluding hydrogens is 136 g/mol. The Bertz CT molecular complexity index is 139. The van der Waals surface area contributed by atoms with Gasteiger partial charge in [-0.2, -0.15) is 0 Å². The maximum atomic E-state index is 9.85. The first kappa shape index (κ1) is 9.13. The van der Waals surface area contributed by atoms with Gasteiger partial charge in [0.2, 0.25) is 0 Å². The second-order valence-corrected chi connectivity index (χ2v) is 1.93. The lowest BCUT2D eigenvalue weighted by atomic mass is 10.2. The van der Waals surface area contributed by atoms with Crippen LogP contribution in [0.4, 0.5) is 0 Å². The molecule has 0 aliphatic rings. The minimum absolute atomic E-state index is 0.789. The second-order valence-electron chi connectivity index (χ2n) is 1.93. The molecule has 0 heterocycles. The molecule has 0 amide bonds. The van der Waals surface area contributed by atoms with E-state index in [1.54, 1.807) is 0 Å². The largest absolute Gasteiger partial charge is 0.478 e. The quantitative estimate of drug-likeness (QED) is 0.463. The van der Waals surface area contributed by atoms with Gasteiger partial charge in [-0.05, 0) is 13.0 Å². The molecule has 0 fully saturated rings. The Hall–Kier alpha value is -0.870. The molecule has 0 aliphatic carbocycles. The predicted octanol–water partition coefficient (Wildman–Crippen LogP) is -0.631. The van der Waals surface area contributed by atoms with Gasteiger partial charge in [-0.1, -0.05) is 0 Å². The van der Waals surface area contributed by atoms with E-state index in [0.29, 0.717) is 0 Å². The summed E-state index contributed by atoms with van der Waals surface area (Å²) in [7, 11) is 0. The molecule has 0 saturated carbocycles. The van der Waals surface area contributed by atoms with Crippen molar-refractivity contribution >= 4 is 5.97 Å². The maximum Gasteiger partial charge on any atom is 0.328 e. The van der Waals surface area contributed by atoms with Gasteiger partial charge in [0.1, 0.15) is 0 Å². The first-order valence-corrected chi connectivity index (χ1v) is 2.81. The third-order valence-corrected chi connectivity index (χ3v) is 0.930. The van der Waals surface area contributed by atoms with Crippen molar-refractivity contribution in [2.24, 2.45) is 0 Å². The minimum Gasteiger partial charge on any atom is -0.478 e. The van der Waals surface area contributed by atoms with Crippen LogP contribution in [0.5, 0.6) is 0 Å². The smallest absolute Gasteiger partial charge is 0.328 e. The van der Waals surface area contributed by atoms with E-state index >= 15 is 0 Å². The Labute approximate surface area is 58.4 Å². The second kappa shape index (κ2) is 4.03. The molecule has 0 aromatic heterocycles. The molecule has 4 heteroatoms. The number of carbonyl (C=O) groups is 1. The molecule has 2 unspecified atom stereocenters. The summed E-state index contributed by atoms with van der Waals surface area (Å²) in [5.74, 6) is -1.14. The van der Waals surface area contributed by atoms with Crippen molar-refractivity contribution in [2.45, 2.75) is 19.1 Å². The van der Waals surface area contributed by atoms with E-state index in [1.807, 2.05) is 0 Å². The summed E-state index contributed by atoms with van der Waals surface area (Å²) < 4.78 is 0. The fourth-order valence-corrected chi connectivity index (χ4v) is 0.342. The average Bonchev–Trinajstić information content (AvgIpc) is 1.82. The molecule has 0 aromatic rings. The molecule has 58 valence electrons. The summed E-state index contributed by atoms with van der Waals surface area (Å²) in [5, 5.41) is 25.5. The lowest BCUT2D eigenvalue weighted by Gasteiger charge is -2.06. The Balaban J connectivity index is 3.77. The van der Waals surface area contributed by atoms with Gasteiger partial charge in [-0.15, -0.1) is 0 Å². The molecule has 0 radical (unpaired) electrons. The van der Waals surface area contributed by atoms with Gasteiger partial charge < -0.3 is 15.3 Å². The van der Waals surface area contributed by atoms with Crippen LogP contribution in [0.3, 0.4) is 0 Å². The third kappa shape index (κ3) is 4.05. The van der Waals surface area contributed by atoms with E-state index in [-0.39, 0.29) is 0 Å². The van der Waals surface area contributed by atoms with Crippen molar-refractivity contribution < 1.29 is 20.1 Å². The van der Waals surface area contributed by atoms with Crippen molar-refractivity contribution in [1.82, 2.24) is 0 Å². The molecule has 0 spiro atoms. The summed E-state index contributed by atoms with van der Waals surface area (Å²) >= 11 is 0. The van der Waals surface area contributed by atoms with E-state index < -0.39 is 18.2 Å². The number of aliphatic hydroxyl groups excluding tert-OH is 2. The SMILES string of the molecule is CC(O)C(O)/C=C/C(=O)O. The molecule has 0 saturated heterocycles. The third-order valence-electron chi connectivity index (χ3n) is 0.930. The minimum atomic E-state index is -1.14. The van der Waals surface area contributed by atoms with Crippen molar-refractivity contribution in [3.05, 3.63) is 12.2 Å². The summed E-state index contributed by atoms with van der Waals surface area (Å²) in [6.07, 6.45) is -0.226. The van der Waals surface area contributed by atoms with Crippen LogP contribution in [-0.4, -0.2) is 33.5 Å². The van der Waals surface area contributed by atoms with Crippen molar-refractivity contribution in [1.29, 1.82) is 0 Å². The molecule has 0 aromatic carbocycles. The van der Waals surface area contributed by atoms with Gasteiger partial charge in [-0.3, -0.25) is 0 Å². The van der Waals surface area contributed by atoms with Crippen LogP contribution in [0.1, 0.15) is 6.92 Å². The van der Waals surface area contributed by atoms with E-state index in [9.17, 15) is 4.79 Å². The topological polar surface area (TPSA) is 77.8 Å². The summed E-state index contributed by atoms with van der Waals surface area (Å²) in [6, 6.07) is 0. The zero-order chi connectivity index (χ0) is 8.15. The highest BCUT2D eigenvalue weighted by Crippen LogP contribution is 1.92. The number of aliphatic hydroxyl groups is 2. The number of hydrogen-bond donors (Lipinski definition) is 3. The van der Waals surface area contributed by atoms with E-state index in [2.05, 4.69) is 0 Å². The first-order valence-electron chi connectivity index (χ1n) is 2.81. The van der Waals surface area contributed by atoms with Gasteiger partial charge in [0.05, 0.1) is 12.2 Å². The fraction of sp³-hybridized carbons (Fsp3) is 0.500. The Morgan fingerprint density at radius 3 is 2.30 bits per heavy atom. The highest BCUT2D eigenvalue weighted by molar-refractivity contribution is 5.79. The molecule has 0 rings (SSSR count). The van der Waals surface area contributed by atoms with Gasteiger partial charge in [-0.25, -0.2) is 4.79 Å². The Morgan fingerprint density at radius 2 is 2.00 bits per heavy atom. The van der Waals surface area contributed by atoms with E-state index in [0.717, 1.165) is 12.2 Å². The Morgan fingerprint density at radius 1 is 1.50 bits per heavy atom. The van der Waals surface area contributed by atoms with Gasteiger partial charge >= 0.3 is 5.97 Å². The van der Waals surface area contributed by atoms with Crippen LogP contribution in [0.2, 0.25) is 0 Å². The molecule has 0 bridgehead atoms. The normalized spacial score (nSPS) is 17.1. The molecule has 0 aliphatic heterocycles. The van der Waals surface area contributed by atoms with Crippen LogP contribution >= 0.6 is 0 Å². The zero-order valence-electron chi connectivity index (χ0n) is 5.56. The number of rotatable bonds is 3. The number of carboxylic acid groups (broad SMARTS) is 1. The zero-order valence-corrected chi connectivity index (χ0v) is 5.56. The first-order chi connectivity index (χ1) is 4.54. The van der Waals surface area contributed by atoms with Gasteiger partial charge in [0.15, 0.2) is 0 Å². The van der Waals surface area contributed by atoms with Crippen molar-refractivity contribution in [3.8, 4) is 0 Å². The standard InChI is InChI=1S/C6H10O4/c1-4(7)5(8)2-3-6(9)10/h2-5,7-8H,1H3,(H,9,10)/b3-2+. The van der Waals surface area contributed by atoms with E-state index in [4.69, 9.17) is 15.3 Å². The van der Waals surface area contributed by atoms with Crippen LogP contribution in [0.15, 0.2) is 12.2 Å². The molecule has 2 atom stereocenters. The van der Waals surface area contributed by atoms with Gasteiger partial charge in [0.25, 0.3) is 0 Å². The monoisotopic (exact) mass is 146 g/mol. The van der Waals surface area contributed by atoms with Crippen LogP contribution in [0.25, 0.3) is 0 Å². The van der Waals surface area contributed by atoms with Crippen LogP contribution in [0, 0.1) is 0 Å². The van der Waals surface area contributed by atoms with Crippen LogP contribution in [-0.2, 0) is 4.79 Å². The fourth-order valence-electron chi connectivity index (χ4n) is 0.342. The van der Waals surface area contributed by atoms with Crippen molar-refractivity contribution in [3.63, 3.8) is 0 Å². The summed E-state index contributed by atoms with van der Waals surface area (Å²) in [4.78, 5) is 9.85. The lowest BCUT2D eigenvalue weighted by Crippen LogP contribution is -2.19. The predicted molar refractivity (Wildman–Crippen MR) is 34.5 cm³/mol. The summed E-state index contributed by atoms with van der Waals surface area (Å²) in [5.41, 5.74) is 0. The molecule has 3 N–H and O–H groups in total. The molecule has 10 heavy (non-hydrogen) atoms. The molecular formula is C6H10O4. The highest BCUT2D eigenvalue weighted by atomic mass is 16.4. The summed E-state index contributed by atoms with van der Waals surface area (Å²) in [6.45, 7) is 1.37. The number of hydrogen-bond acceptors (Lipinski definition) is 3. The van der Waals surface area contributed by atoms with Gasteiger partial charge in [0, 0.05) is 6.08 Å². The maximum absolute atomic E-state index is 9.85. The lowest BCUT2D eigenvalue weighted by molar-refractivity contribution is -0.131. The Kier molecular flexibility index (Phi) is 3.68. The number of aliphatic carboxylic acids is 1. The van der Waals surface area contributed by atoms with Crippen LogP contribution < -0.4 is 0 Å². The highest BCUT2D eigenvalue weighted by Gasteiger charge is 2.05. The van der Waals surface area contributed by atoms with E-state index in [1.165, 1.54) is 6.92 Å². The van der Waals surface area contributed by atoms with Crippen molar-refractivity contribution in [2.75, 3.05) is 0 Å². The number of carboxylic acids is 1.